The highest BCUT2D eigenvalue weighted by atomic mass is 79.9. The molecule has 4 aromatic rings. The second kappa shape index (κ2) is 9.54. The van der Waals surface area contributed by atoms with Gasteiger partial charge in [-0.3, -0.25) is 0 Å². The fourth-order valence-electron chi connectivity index (χ4n) is 3.88. The lowest BCUT2D eigenvalue weighted by atomic mass is 10.1. The Morgan fingerprint density at radius 3 is 2.52 bits per heavy atom. The van der Waals surface area contributed by atoms with E-state index in [2.05, 4.69) is 63.0 Å². The number of benzene rings is 3. The van der Waals surface area contributed by atoms with Gasteiger partial charge in [0, 0.05) is 39.3 Å². The van der Waals surface area contributed by atoms with Crippen LogP contribution in [0.3, 0.4) is 0 Å². The van der Waals surface area contributed by atoms with Crippen molar-refractivity contribution in [3.05, 3.63) is 76.8 Å². The summed E-state index contributed by atoms with van der Waals surface area (Å²) in [5.41, 5.74) is 3.27. The van der Waals surface area contributed by atoms with E-state index in [9.17, 15) is 9.90 Å². The highest BCUT2D eigenvalue weighted by Crippen LogP contribution is 2.31. The molecule has 6 heteroatoms. The molecule has 0 bridgehead atoms. The zero-order valence-corrected chi connectivity index (χ0v) is 18.8. The fourth-order valence-corrected chi connectivity index (χ4v) is 4.24. The molecule has 0 saturated heterocycles. The third kappa shape index (κ3) is 4.75. The molecule has 5 nitrogen and oxygen atoms in total. The maximum atomic E-state index is 11.3. The van der Waals surface area contributed by atoms with Gasteiger partial charge in [0.1, 0.15) is 12.4 Å². The van der Waals surface area contributed by atoms with Crippen molar-refractivity contribution in [2.24, 2.45) is 0 Å². The molecule has 1 atom stereocenters. The van der Waals surface area contributed by atoms with Crippen LogP contribution in [0.2, 0.25) is 0 Å². The van der Waals surface area contributed by atoms with Crippen LogP contribution in [0.15, 0.2) is 71.2 Å². The lowest BCUT2D eigenvalue weighted by Crippen LogP contribution is -2.26. The molecule has 31 heavy (non-hydrogen) atoms. The normalized spacial score (nSPS) is 12.3. The van der Waals surface area contributed by atoms with Gasteiger partial charge in [0.2, 0.25) is 0 Å². The summed E-state index contributed by atoms with van der Waals surface area (Å²) in [6.07, 6.45) is -0.493. The van der Waals surface area contributed by atoms with E-state index in [0.29, 0.717) is 19.6 Å². The van der Waals surface area contributed by atoms with Crippen molar-refractivity contribution in [1.82, 2.24) is 4.57 Å². The van der Waals surface area contributed by atoms with Gasteiger partial charge in [-0.15, -0.1) is 0 Å². The largest absolute Gasteiger partial charge is 0.492 e. The van der Waals surface area contributed by atoms with Crippen molar-refractivity contribution in [3.63, 3.8) is 0 Å². The molecule has 0 aliphatic heterocycles. The smallest absolute Gasteiger partial charge is 0.333 e. The van der Waals surface area contributed by atoms with Gasteiger partial charge >= 0.3 is 5.97 Å². The quantitative estimate of drug-likeness (QED) is 0.334. The van der Waals surface area contributed by atoms with Crippen LogP contribution < -0.4 is 4.74 Å². The van der Waals surface area contributed by atoms with E-state index in [0.717, 1.165) is 22.3 Å². The Balaban J connectivity index is 1.45. The van der Waals surface area contributed by atoms with Crippen molar-refractivity contribution in [2.75, 3.05) is 13.2 Å². The van der Waals surface area contributed by atoms with Gasteiger partial charge < -0.3 is 19.1 Å². The Hall–Kier alpha value is -2.83. The molecule has 4 rings (SSSR count). The molecule has 0 aliphatic carbocycles. The minimum Gasteiger partial charge on any atom is -0.492 e. The van der Waals surface area contributed by atoms with Crippen molar-refractivity contribution in [3.8, 4) is 5.75 Å². The van der Waals surface area contributed by atoms with Crippen LogP contribution in [0.1, 0.15) is 12.5 Å². The summed E-state index contributed by atoms with van der Waals surface area (Å²) in [4.78, 5) is 11.3. The molecule has 1 aromatic heterocycles. The van der Waals surface area contributed by atoms with Crippen molar-refractivity contribution in [2.45, 2.75) is 26.0 Å². The lowest BCUT2D eigenvalue weighted by molar-refractivity contribution is -0.149. The number of hydrogen-bond acceptors (Lipinski definition) is 3. The van der Waals surface area contributed by atoms with Crippen molar-refractivity contribution >= 4 is 43.7 Å². The van der Waals surface area contributed by atoms with Gasteiger partial charge in [-0.1, -0.05) is 46.3 Å². The highest BCUT2D eigenvalue weighted by Gasteiger charge is 2.18. The van der Waals surface area contributed by atoms with Crippen LogP contribution in [0, 0.1) is 0 Å². The van der Waals surface area contributed by atoms with Gasteiger partial charge in [0.05, 0.1) is 6.54 Å². The molecule has 0 fully saturated rings. The van der Waals surface area contributed by atoms with Crippen molar-refractivity contribution < 1.29 is 19.4 Å². The molecule has 3 aromatic carbocycles. The predicted molar refractivity (Wildman–Crippen MR) is 126 cm³/mol. The van der Waals surface area contributed by atoms with Gasteiger partial charge in [-0.2, -0.15) is 0 Å². The monoisotopic (exact) mass is 481 g/mol. The standard InChI is InChI=1S/C25H24BrNO4/c1-2-30-24(25(28)29)15-17-7-10-19(11-8-17)31-14-13-27-22-6-4-3-5-20(22)21-16-18(26)9-12-23(21)27/h3-12,16,24H,2,13-15H2,1H3,(H,28,29)/t24-/m0/s1. The third-order valence-corrected chi connectivity index (χ3v) is 5.80. The molecule has 160 valence electrons. The summed E-state index contributed by atoms with van der Waals surface area (Å²) in [5, 5.41) is 11.7. The van der Waals surface area contributed by atoms with Crippen LogP contribution in [0.4, 0.5) is 0 Å². The number of nitrogens with zero attached hydrogens (tertiary/aromatic N) is 1. The second-order valence-electron chi connectivity index (χ2n) is 7.31. The molecule has 0 radical (unpaired) electrons. The Kier molecular flexibility index (Phi) is 6.59. The molecule has 0 unspecified atom stereocenters. The Morgan fingerprint density at radius 1 is 1.03 bits per heavy atom. The molecule has 0 amide bonds. The van der Waals surface area contributed by atoms with Crippen LogP contribution in [-0.4, -0.2) is 35.0 Å². The maximum absolute atomic E-state index is 11.3. The average molecular weight is 482 g/mol. The van der Waals surface area contributed by atoms with Gasteiger partial charge in [0.25, 0.3) is 0 Å². The number of aromatic nitrogens is 1. The van der Waals surface area contributed by atoms with Crippen LogP contribution >= 0.6 is 15.9 Å². The van der Waals surface area contributed by atoms with Crippen LogP contribution in [0.5, 0.6) is 5.75 Å². The first kappa shape index (κ1) is 21.4. The fraction of sp³-hybridized carbons (Fsp3) is 0.240. The second-order valence-corrected chi connectivity index (χ2v) is 8.22. The van der Waals surface area contributed by atoms with Crippen LogP contribution in [0.25, 0.3) is 21.8 Å². The number of halogens is 1. The van der Waals surface area contributed by atoms with E-state index >= 15 is 0 Å². The maximum Gasteiger partial charge on any atom is 0.333 e. The number of rotatable bonds is 9. The highest BCUT2D eigenvalue weighted by molar-refractivity contribution is 9.10. The van der Waals surface area contributed by atoms with Gasteiger partial charge in [-0.05, 0) is 48.9 Å². The molecule has 0 saturated carbocycles. The van der Waals surface area contributed by atoms with E-state index in [1.165, 1.54) is 21.8 Å². The molecule has 0 spiro atoms. The average Bonchev–Trinajstić information content (AvgIpc) is 3.07. The molecular weight excluding hydrogens is 458 g/mol. The number of carbonyl (C=O) groups is 1. The minimum absolute atomic E-state index is 0.334. The number of carboxylic acids is 1. The molecular formula is C25H24BrNO4. The zero-order valence-electron chi connectivity index (χ0n) is 17.3. The Bertz CT molecular complexity index is 1200. The number of fused-ring (bicyclic) bond motifs is 3. The molecule has 1 N–H and O–H groups in total. The number of aliphatic carboxylic acids is 1. The summed E-state index contributed by atoms with van der Waals surface area (Å²) < 4.78 is 14.6. The first-order chi connectivity index (χ1) is 15.1. The SMILES string of the molecule is CCO[C@@H](Cc1ccc(OCCn2c3ccccc3c3cc(Br)ccc32)cc1)C(=O)O. The molecule has 1 heterocycles. The first-order valence-electron chi connectivity index (χ1n) is 10.3. The Morgan fingerprint density at radius 2 is 1.77 bits per heavy atom. The number of carboxylic acid groups (broad SMARTS) is 1. The summed E-state index contributed by atoms with van der Waals surface area (Å²) >= 11 is 3.57. The summed E-state index contributed by atoms with van der Waals surface area (Å²) in [6, 6.07) is 22.3. The predicted octanol–water partition coefficient (Wildman–Crippen LogP) is 5.67. The summed E-state index contributed by atoms with van der Waals surface area (Å²) in [6.45, 7) is 3.42. The zero-order chi connectivity index (χ0) is 21.8. The first-order valence-corrected chi connectivity index (χ1v) is 11.1. The van der Waals surface area contributed by atoms with Crippen LogP contribution in [-0.2, 0) is 22.5 Å². The number of para-hydroxylation sites is 1. The van der Waals surface area contributed by atoms with E-state index in [1.54, 1.807) is 6.92 Å². The van der Waals surface area contributed by atoms with E-state index in [1.807, 2.05) is 24.3 Å². The number of ether oxygens (including phenoxy) is 2. The summed E-state index contributed by atoms with van der Waals surface area (Å²) in [7, 11) is 0. The lowest BCUT2D eigenvalue weighted by Gasteiger charge is -2.13. The van der Waals surface area contributed by atoms with Gasteiger partial charge in [-0.25, -0.2) is 4.79 Å². The topological polar surface area (TPSA) is 60.7 Å². The van der Waals surface area contributed by atoms with Gasteiger partial charge in [0.15, 0.2) is 6.10 Å². The van der Waals surface area contributed by atoms with E-state index in [4.69, 9.17) is 9.47 Å². The Labute approximate surface area is 189 Å². The van der Waals surface area contributed by atoms with Crippen molar-refractivity contribution in [1.29, 1.82) is 0 Å². The van der Waals surface area contributed by atoms with E-state index < -0.39 is 12.1 Å². The van der Waals surface area contributed by atoms with E-state index in [-0.39, 0.29) is 0 Å². The number of hydrogen-bond donors (Lipinski definition) is 1. The minimum atomic E-state index is -0.944. The third-order valence-electron chi connectivity index (χ3n) is 5.31. The summed E-state index contributed by atoms with van der Waals surface area (Å²) in [5.74, 6) is -0.184. The molecule has 0 aliphatic rings.